The quantitative estimate of drug-likeness (QED) is 0.734. The Hall–Kier alpha value is -0.970. The van der Waals surface area contributed by atoms with Gasteiger partial charge in [-0.1, -0.05) is 34.3 Å². The summed E-state index contributed by atoms with van der Waals surface area (Å²) in [4.78, 5) is 12.7. The van der Waals surface area contributed by atoms with Gasteiger partial charge in [-0.2, -0.15) is 8.78 Å². The predicted molar refractivity (Wildman–Crippen MR) is 74.2 cm³/mol. The van der Waals surface area contributed by atoms with Crippen molar-refractivity contribution < 1.29 is 18.3 Å². The number of piperidine rings is 1. The standard InChI is InChI=1S/C10H15F2NO2.2C2H6/c1-3-9(14)13-6-4-5-8(7-13)15-10(2,11)12;2*1-2/h3,8H,1,4-7H2,2H3;2*1-2H3. The maximum absolute atomic E-state index is 12.6. The number of amides is 1. The van der Waals surface area contributed by atoms with Crippen LogP contribution in [0.15, 0.2) is 12.7 Å². The molecule has 1 unspecified atom stereocenters. The third kappa shape index (κ3) is 9.59. The summed E-state index contributed by atoms with van der Waals surface area (Å²) in [5.74, 6) is -0.234. The van der Waals surface area contributed by atoms with E-state index in [4.69, 9.17) is 0 Å². The highest BCUT2D eigenvalue weighted by Gasteiger charge is 2.31. The van der Waals surface area contributed by atoms with E-state index in [1.54, 1.807) is 0 Å². The lowest BCUT2D eigenvalue weighted by molar-refractivity contribution is -0.255. The largest absolute Gasteiger partial charge is 0.353 e. The number of rotatable bonds is 3. The number of ether oxygens (including phenoxy) is 1. The van der Waals surface area contributed by atoms with Crippen LogP contribution in [0.25, 0.3) is 0 Å². The van der Waals surface area contributed by atoms with Crippen molar-refractivity contribution in [1.29, 1.82) is 0 Å². The maximum Gasteiger partial charge on any atom is 0.353 e. The molecule has 1 aliphatic rings. The summed E-state index contributed by atoms with van der Waals surface area (Å²) in [6, 6.07) is 0. The molecule has 1 rings (SSSR count). The molecule has 0 radical (unpaired) electrons. The minimum atomic E-state index is -3.13. The second-order valence-corrected chi connectivity index (χ2v) is 3.68. The zero-order valence-electron chi connectivity index (χ0n) is 12.7. The van der Waals surface area contributed by atoms with Gasteiger partial charge in [-0.15, -0.1) is 0 Å². The Kier molecular flexibility index (Phi) is 11.7. The van der Waals surface area contributed by atoms with E-state index in [1.165, 1.54) is 11.0 Å². The molecule has 1 fully saturated rings. The fourth-order valence-electron chi connectivity index (χ4n) is 1.66. The minimum absolute atomic E-state index is 0.217. The molecule has 0 aliphatic carbocycles. The molecule has 0 aromatic heterocycles. The molecule has 1 heterocycles. The molecule has 1 amide bonds. The normalized spacial score (nSPS) is 18.5. The van der Waals surface area contributed by atoms with Crippen LogP contribution in [0, 0.1) is 0 Å². The van der Waals surface area contributed by atoms with Gasteiger partial charge in [0.1, 0.15) is 0 Å². The molecular weight excluding hydrogens is 252 g/mol. The highest BCUT2D eigenvalue weighted by atomic mass is 19.3. The summed E-state index contributed by atoms with van der Waals surface area (Å²) < 4.78 is 29.7. The molecule has 19 heavy (non-hydrogen) atoms. The summed E-state index contributed by atoms with van der Waals surface area (Å²) in [6.45, 7) is 12.9. The van der Waals surface area contributed by atoms with E-state index in [-0.39, 0.29) is 12.5 Å². The summed E-state index contributed by atoms with van der Waals surface area (Å²) in [5.41, 5.74) is 0. The SMILES string of the molecule is C=CC(=O)N1CCCC(OC(C)(F)F)C1.CC.CC. The van der Waals surface area contributed by atoms with Gasteiger partial charge in [-0.05, 0) is 18.9 Å². The van der Waals surface area contributed by atoms with E-state index in [2.05, 4.69) is 11.3 Å². The fraction of sp³-hybridized carbons (Fsp3) is 0.786. The Bertz CT molecular complexity index is 252. The van der Waals surface area contributed by atoms with E-state index in [0.717, 1.165) is 0 Å². The molecule has 114 valence electrons. The molecule has 1 atom stereocenters. The average molecular weight is 279 g/mol. The van der Waals surface area contributed by atoms with Crippen molar-refractivity contribution in [2.75, 3.05) is 13.1 Å². The van der Waals surface area contributed by atoms with Crippen molar-refractivity contribution in [3.05, 3.63) is 12.7 Å². The Labute approximate surface area is 115 Å². The maximum atomic E-state index is 12.6. The molecule has 1 saturated heterocycles. The van der Waals surface area contributed by atoms with Crippen molar-refractivity contribution in [2.45, 2.75) is 59.7 Å². The fourth-order valence-corrected chi connectivity index (χ4v) is 1.66. The lowest BCUT2D eigenvalue weighted by Crippen LogP contribution is -2.44. The van der Waals surface area contributed by atoms with Crippen LogP contribution in [0.1, 0.15) is 47.5 Å². The molecule has 0 aromatic rings. The van der Waals surface area contributed by atoms with E-state index >= 15 is 0 Å². The zero-order valence-corrected chi connectivity index (χ0v) is 12.7. The number of carbonyl (C=O) groups excluding carboxylic acids is 1. The molecule has 3 nitrogen and oxygen atoms in total. The summed E-state index contributed by atoms with van der Waals surface area (Å²) in [7, 11) is 0. The van der Waals surface area contributed by atoms with Gasteiger partial charge in [0.15, 0.2) is 0 Å². The molecule has 0 spiro atoms. The molecule has 0 aromatic carbocycles. The second kappa shape index (κ2) is 10.9. The number of likely N-dealkylation sites (tertiary alicyclic amines) is 1. The Morgan fingerprint density at radius 3 is 2.32 bits per heavy atom. The van der Waals surface area contributed by atoms with Crippen LogP contribution in [0.3, 0.4) is 0 Å². The van der Waals surface area contributed by atoms with Crippen LogP contribution in [-0.4, -0.2) is 36.1 Å². The Morgan fingerprint density at radius 1 is 1.37 bits per heavy atom. The van der Waals surface area contributed by atoms with Crippen LogP contribution in [0.4, 0.5) is 8.78 Å². The van der Waals surface area contributed by atoms with Crippen molar-refractivity contribution >= 4 is 5.91 Å². The number of halogens is 2. The van der Waals surface area contributed by atoms with Gasteiger partial charge in [-0.3, -0.25) is 4.79 Å². The third-order valence-corrected chi connectivity index (χ3v) is 2.24. The van der Waals surface area contributed by atoms with Gasteiger partial charge in [0.05, 0.1) is 6.10 Å². The van der Waals surface area contributed by atoms with Gasteiger partial charge < -0.3 is 9.64 Å². The van der Waals surface area contributed by atoms with E-state index < -0.39 is 12.2 Å². The van der Waals surface area contributed by atoms with E-state index in [1.807, 2.05) is 27.7 Å². The van der Waals surface area contributed by atoms with Gasteiger partial charge in [0.25, 0.3) is 0 Å². The molecular formula is C14H27F2NO2. The first kappa shape index (κ1) is 20.3. The number of hydrogen-bond acceptors (Lipinski definition) is 2. The van der Waals surface area contributed by atoms with Gasteiger partial charge in [0, 0.05) is 20.0 Å². The van der Waals surface area contributed by atoms with Crippen molar-refractivity contribution in [3.63, 3.8) is 0 Å². The van der Waals surface area contributed by atoms with Crippen LogP contribution < -0.4 is 0 Å². The molecule has 5 heteroatoms. The van der Waals surface area contributed by atoms with Crippen LogP contribution >= 0.6 is 0 Å². The first-order valence-electron chi connectivity index (χ1n) is 6.89. The Balaban J connectivity index is 0. The summed E-state index contributed by atoms with van der Waals surface area (Å²) >= 11 is 0. The average Bonchev–Trinajstić information content (AvgIpc) is 2.41. The number of nitrogens with zero attached hydrogens (tertiary/aromatic N) is 1. The molecule has 0 saturated carbocycles. The Morgan fingerprint density at radius 2 is 1.89 bits per heavy atom. The molecule has 1 aliphatic heterocycles. The lowest BCUT2D eigenvalue weighted by atomic mass is 10.1. The van der Waals surface area contributed by atoms with Crippen LogP contribution in [-0.2, 0) is 9.53 Å². The minimum Gasteiger partial charge on any atom is -0.337 e. The summed E-state index contributed by atoms with van der Waals surface area (Å²) in [5, 5.41) is 0. The van der Waals surface area contributed by atoms with Crippen LogP contribution in [0.5, 0.6) is 0 Å². The van der Waals surface area contributed by atoms with Crippen molar-refractivity contribution in [1.82, 2.24) is 4.90 Å². The lowest BCUT2D eigenvalue weighted by Gasteiger charge is -2.33. The molecule has 0 bridgehead atoms. The van der Waals surface area contributed by atoms with Gasteiger partial charge in [-0.25, -0.2) is 0 Å². The van der Waals surface area contributed by atoms with Gasteiger partial charge in [0.2, 0.25) is 5.91 Å². The van der Waals surface area contributed by atoms with E-state index in [9.17, 15) is 13.6 Å². The topological polar surface area (TPSA) is 29.5 Å². The van der Waals surface area contributed by atoms with E-state index in [0.29, 0.717) is 26.3 Å². The van der Waals surface area contributed by atoms with Crippen molar-refractivity contribution in [2.24, 2.45) is 0 Å². The number of hydrogen-bond donors (Lipinski definition) is 0. The number of carbonyl (C=O) groups is 1. The molecule has 0 N–H and O–H groups in total. The van der Waals surface area contributed by atoms with Gasteiger partial charge >= 0.3 is 6.11 Å². The number of alkyl halides is 2. The predicted octanol–water partition coefficient (Wildman–Crippen LogP) is 3.85. The third-order valence-electron chi connectivity index (χ3n) is 2.24. The summed E-state index contributed by atoms with van der Waals surface area (Å²) in [6.07, 6.45) is -1.29. The van der Waals surface area contributed by atoms with Crippen molar-refractivity contribution in [3.8, 4) is 0 Å². The smallest absolute Gasteiger partial charge is 0.337 e. The first-order valence-corrected chi connectivity index (χ1v) is 6.89. The zero-order chi connectivity index (χ0) is 15.5. The monoisotopic (exact) mass is 279 g/mol. The van der Waals surface area contributed by atoms with Crippen LogP contribution in [0.2, 0.25) is 0 Å². The highest BCUT2D eigenvalue weighted by Crippen LogP contribution is 2.22. The highest BCUT2D eigenvalue weighted by molar-refractivity contribution is 5.87. The first-order chi connectivity index (χ1) is 8.92. The second-order valence-electron chi connectivity index (χ2n) is 3.68.